The van der Waals surface area contributed by atoms with E-state index in [0.29, 0.717) is 0 Å². The van der Waals surface area contributed by atoms with Crippen LogP contribution in [0.1, 0.15) is 32.1 Å². The van der Waals surface area contributed by atoms with Crippen LogP contribution in [0.15, 0.2) is 42.5 Å². The monoisotopic (exact) mass is 350 g/mol. The highest BCUT2D eigenvalue weighted by atomic mass is 15.2. The molecule has 4 nitrogen and oxygen atoms in total. The van der Waals surface area contributed by atoms with Crippen LogP contribution in [0, 0.1) is 5.92 Å². The summed E-state index contributed by atoms with van der Waals surface area (Å²) >= 11 is 0. The quantitative estimate of drug-likeness (QED) is 0.888. The molecule has 2 N–H and O–H groups in total. The van der Waals surface area contributed by atoms with Gasteiger partial charge in [-0.05, 0) is 68.8 Å². The minimum Gasteiger partial charge on any atom is -0.372 e. The van der Waals surface area contributed by atoms with Crippen molar-refractivity contribution in [2.45, 2.75) is 32.1 Å². The molecule has 3 heterocycles. The van der Waals surface area contributed by atoms with E-state index in [2.05, 4.69) is 52.3 Å². The van der Waals surface area contributed by atoms with Gasteiger partial charge in [0, 0.05) is 37.4 Å². The number of benzene rings is 1. The SMILES string of the molecule is NCCC1CCN(c2cccc(-c3cccc(N4CCCC4)c3)n2)CC1. The molecule has 1 aromatic heterocycles. The Hall–Kier alpha value is -2.07. The molecule has 0 amide bonds. The van der Waals surface area contributed by atoms with E-state index in [0.717, 1.165) is 43.5 Å². The van der Waals surface area contributed by atoms with Crippen molar-refractivity contribution in [1.82, 2.24) is 4.98 Å². The highest BCUT2D eigenvalue weighted by Crippen LogP contribution is 2.29. The van der Waals surface area contributed by atoms with Gasteiger partial charge in [0.1, 0.15) is 5.82 Å². The number of nitrogens with two attached hydrogens (primary N) is 1. The third-order valence-corrected chi connectivity index (χ3v) is 5.86. The Bertz CT molecular complexity index is 716. The second-order valence-corrected chi connectivity index (χ2v) is 7.63. The first-order valence-corrected chi connectivity index (χ1v) is 10.1. The third-order valence-electron chi connectivity index (χ3n) is 5.86. The molecule has 4 heteroatoms. The number of anilines is 2. The normalized spacial score (nSPS) is 18.5. The summed E-state index contributed by atoms with van der Waals surface area (Å²) in [6.07, 6.45) is 6.22. The van der Waals surface area contributed by atoms with Crippen LogP contribution in [0.2, 0.25) is 0 Å². The zero-order valence-corrected chi connectivity index (χ0v) is 15.6. The molecule has 0 aliphatic carbocycles. The zero-order valence-electron chi connectivity index (χ0n) is 15.6. The second kappa shape index (κ2) is 8.09. The number of aromatic nitrogens is 1. The highest BCUT2D eigenvalue weighted by Gasteiger charge is 2.20. The Labute approximate surface area is 157 Å². The first-order chi connectivity index (χ1) is 12.8. The number of pyridine rings is 1. The number of hydrogen-bond acceptors (Lipinski definition) is 4. The maximum absolute atomic E-state index is 5.72. The van der Waals surface area contributed by atoms with E-state index in [1.165, 1.54) is 50.0 Å². The fraction of sp³-hybridized carbons (Fsp3) is 0.500. The van der Waals surface area contributed by atoms with Crippen molar-refractivity contribution in [3.8, 4) is 11.3 Å². The predicted octanol–water partition coefficient (Wildman–Crippen LogP) is 3.91. The third kappa shape index (κ3) is 3.85. The van der Waals surface area contributed by atoms with Crippen LogP contribution in [0.5, 0.6) is 0 Å². The lowest BCUT2D eigenvalue weighted by molar-refractivity contribution is 0.385. The predicted molar refractivity (Wildman–Crippen MR) is 110 cm³/mol. The maximum Gasteiger partial charge on any atom is 0.129 e. The molecule has 2 aliphatic heterocycles. The summed E-state index contributed by atoms with van der Waals surface area (Å²) in [5.74, 6) is 1.90. The molecule has 0 saturated carbocycles. The Morgan fingerprint density at radius 1 is 0.923 bits per heavy atom. The van der Waals surface area contributed by atoms with Crippen molar-refractivity contribution in [2.24, 2.45) is 11.7 Å². The van der Waals surface area contributed by atoms with Gasteiger partial charge in [0.2, 0.25) is 0 Å². The molecule has 2 aromatic rings. The largest absolute Gasteiger partial charge is 0.372 e. The average molecular weight is 351 g/mol. The van der Waals surface area contributed by atoms with Crippen LogP contribution in [0.4, 0.5) is 11.5 Å². The van der Waals surface area contributed by atoms with Gasteiger partial charge in [0.25, 0.3) is 0 Å². The van der Waals surface area contributed by atoms with Gasteiger partial charge in [0.05, 0.1) is 5.69 Å². The Balaban J connectivity index is 1.50. The molecule has 2 saturated heterocycles. The summed E-state index contributed by atoms with van der Waals surface area (Å²) in [4.78, 5) is 9.90. The van der Waals surface area contributed by atoms with Gasteiger partial charge < -0.3 is 15.5 Å². The zero-order chi connectivity index (χ0) is 17.8. The molecular formula is C22H30N4. The summed E-state index contributed by atoms with van der Waals surface area (Å²) in [7, 11) is 0. The van der Waals surface area contributed by atoms with Gasteiger partial charge in [-0.15, -0.1) is 0 Å². The van der Waals surface area contributed by atoms with E-state index in [4.69, 9.17) is 10.7 Å². The molecule has 0 bridgehead atoms. The molecule has 0 atom stereocenters. The van der Waals surface area contributed by atoms with Crippen molar-refractivity contribution < 1.29 is 0 Å². The van der Waals surface area contributed by atoms with Crippen LogP contribution in [0.25, 0.3) is 11.3 Å². The Morgan fingerprint density at radius 2 is 1.69 bits per heavy atom. The summed E-state index contributed by atoms with van der Waals surface area (Å²) in [6.45, 7) is 5.35. The molecule has 1 aromatic carbocycles. The molecule has 4 rings (SSSR count). The van der Waals surface area contributed by atoms with Crippen molar-refractivity contribution in [1.29, 1.82) is 0 Å². The van der Waals surface area contributed by atoms with Crippen LogP contribution in [-0.2, 0) is 0 Å². The van der Waals surface area contributed by atoms with Gasteiger partial charge in [-0.25, -0.2) is 4.98 Å². The minimum atomic E-state index is 0.788. The highest BCUT2D eigenvalue weighted by molar-refractivity contribution is 5.67. The second-order valence-electron chi connectivity index (χ2n) is 7.63. The van der Waals surface area contributed by atoms with E-state index in [-0.39, 0.29) is 0 Å². The summed E-state index contributed by atoms with van der Waals surface area (Å²) in [5.41, 5.74) is 9.34. The number of nitrogens with zero attached hydrogens (tertiary/aromatic N) is 3. The molecule has 2 fully saturated rings. The van der Waals surface area contributed by atoms with Gasteiger partial charge in [-0.3, -0.25) is 0 Å². The van der Waals surface area contributed by atoms with Gasteiger partial charge >= 0.3 is 0 Å². The van der Waals surface area contributed by atoms with E-state index in [9.17, 15) is 0 Å². The number of rotatable bonds is 5. The fourth-order valence-corrected chi connectivity index (χ4v) is 4.28. The lowest BCUT2D eigenvalue weighted by atomic mass is 9.93. The van der Waals surface area contributed by atoms with E-state index in [1.54, 1.807) is 0 Å². The van der Waals surface area contributed by atoms with Crippen molar-refractivity contribution in [2.75, 3.05) is 42.5 Å². The van der Waals surface area contributed by atoms with Gasteiger partial charge in [0.15, 0.2) is 0 Å². The molecular weight excluding hydrogens is 320 g/mol. The standard InChI is InChI=1S/C22H30N4/c23-12-9-18-10-15-26(16-11-18)22-8-4-7-21(24-22)19-5-3-6-20(17-19)25-13-1-2-14-25/h3-8,17-18H,1-2,9-16,23H2. The van der Waals surface area contributed by atoms with Crippen LogP contribution in [-0.4, -0.2) is 37.7 Å². The summed E-state index contributed by atoms with van der Waals surface area (Å²) in [5, 5.41) is 0. The molecule has 2 aliphatic rings. The topological polar surface area (TPSA) is 45.4 Å². The lowest BCUT2D eigenvalue weighted by Crippen LogP contribution is -2.34. The summed E-state index contributed by atoms with van der Waals surface area (Å²) < 4.78 is 0. The molecule has 0 radical (unpaired) electrons. The van der Waals surface area contributed by atoms with Crippen LogP contribution in [0.3, 0.4) is 0 Å². The first kappa shape index (κ1) is 17.3. The molecule has 138 valence electrons. The maximum atomic E-state index is 5.72. The van der Waals surface area contributed by atoms with Gasteiger partial charge in [-0.2, -0.15) is 0 Å². The Kier molecular flexibility index (Phi) is 5.40. The number of hydrogen-bond donors (Lipinski definition) is 1. The fourth-order valence-electron chi connectivity index (χ4n) is 4.28. The first-order valence-electron chi connectivity index (χ1n) is 10.1. The molecule has 0 unspecified atom stereocenters. The van der Waals surface area contributed by atoms with Crippen molar-refractivity contribution in [3.05, 3.63) is 42.5 Å². The Morgan fingerprint density at radius 3 is 2.46 bits per heavy atom. The van der Waals surface area contributed by atoms with E-state index in [1.807, 2.05) is 0 Å². The van der Waals surface area contributed by atoms with Crippen LogP contribution < -0.4 is 15.5 Å². The number of piperidine rings is 1. The smallest absolute Gasteiger partial charge is 0.129 e. The van der Waals surface area contributed by atoms with Crippen molar-refractivity contribution in [3.63, 3.8) is 0 Å². The lowest BCUT2D eigenvalue weighted by Gasteiger charge is -2.32. The van der Waals surface area contributed by atoms with Gasteiger partial charge in [-0.1, -0.05) is 18.2 Å². The van der Waals surface area contributed by atoms with Crippen LogP contribution >= 0.6 is 0 Å². The van der Waals surface area contributed by atoms with Crippen molar-refractivity contribution >= 4 is 11.5 Å². The minimum absolute atomic E-state index is 0.788. The molecule has 26 heavy (non-hydrogen) atoms. The van der Waals surface area contributed by atoms with E-state index < -0.39 is 0 Å². The molecule has 0 spiro atoms. The van der Waals surface area contributed by atoms with E-state index >= 15 is 0 Å². The average Bonchev–Trinajstić information content (AvgIpc) is 3.24. The summed E-state index contributed by atoms with van der Waals surface area (Å²) in [6, 6.07) is 15.3.